The molecule has 3 N–H and O–H groups in total. The summed E-state index contributed by atoms with van der Waals surface area (Å²) in [6.45, 7) is 5.80. The third-order valence-corrected chi connectivity index (χ3v) is 4.07. The van der Waals surface area contributed by atoms with Gasteiger partial charge in [-0.25, -0.2) is 4.98 Å². The van der Waals surface area contributed by atoms with Gasteiger partial charge >= 0.3 is 0 Å². The van der Waals surface area contributed by atoms with Crippen LogP contribution in [-0.4, -0.2) is 10.9 Å². The number of anilines is 1. The second-order valence-electron chi connectivity index (χ2n) is 4.96. The molecule has 0 aliphatic heterocycles. The molecular weight excluding hydrogens is 258 g/mol. The number of nitrogens with two attached hydrogens (primary N) is 1. The van der Waals surface area contributed by atoms with Crippen molar-refractivity contribution in [2.75, 3.05) is 5.73 Å². The maximum Gasteiger partial charge on any atom is 0.254 e. The van der Waals surface area contributed by atoms with Crippen LogP contribution in [0.5, 0.6) is 0 Å². The largest absolute Gasteiger partial charge is 0.398 e. The molecule has 5 heteroatoms. The second-order valence-corrected chi connectivity index (χ2v) is 5.82. The third-order valence-electron chi connectivity index (χ3n) is 2.79. The van der Waals surface area contributed by atoms with Gasteiger partial charge in [-0.3, -0.25) is 4.79 Å². The Hall–Kier alpha value is -1.88. The van der Waals surface area contributed by atoms with Crippen LogP contribution in [0, 0.1) is 6.92 Å². The quantitative estimate of drug-likeness (QED) is 0.846. The van der Waals surface area contributed by atoms with Gasteiger partial charge in [0.1, 0.15) is 5.01 Å². The van der Waals surface area contributed by atoms with E-state index in [2.05, 4.69) is 10.3 Å². The van der Waals surface area contributed by atoms with Crippen molar-refractivity contribution in [3.63, 3.8) is 0 Å². The molecule has 2 aromatic rings. The molecule has 0 unspecified atom stereocenters. The average molecular weight is 275 g/mol. The molecule has 1 heterocycles. The van der Waals surface area contributed by atoms with E-state index in [0.29, 0.717) is 11.3 Å². The fraction of sp³-hybridized carbons (Fsp3) is 0.286. The van der Waals surface area contributed by atoms with Crippen molar-refractivity contribution in [2.45, 2.75) is 26.3 Å². The summed E-state index contributed by atoms with van der Waals surface area (Å²) in [7, 11) is 0. The number of nitrogen functional groups attached to an aromatic ring is 1. The maximum atomic E-state index is 12.2. The number of aryl methyl sites for hydroxylation is 1. The van der Waals surface area contributed by atoms with Gasteiger partial charge in [-0.1, -0.05) is 12.1 Å². The Balaban J connectivity index is 2.21. The molecular formula is C14H17N3OS. The lowest BCUT2D eigenvalue weighted by molar-refractivity contribution is 0.0913. The molecule has 100 valence electrons. The smallest absolute Gasteiger partial charge is 0.254 e. The number of nitrogens with one attached hydrogen (secondary N) is 1. The summed E-state index contributed by atoms with van der Waals surface area (Å²) in [6, 6.07) is 7.04. The number of benzene rings is 1. The van der Waals surface area contributed by atoms with Gasteiger partial charge in [0.2, 0.25) is 0 Å². The molecule has 1 amide bonds. The molecule has 0 atom stereocenters. The van der Waals surface area contributed by atoms with Crippen molar-refractivity contribution in [2.24, 2.45) is 0 Å². The summed E-state index contributed by atoms with van der Waals surface area (Å²) in [5.41, 5.74) is 7.22. The molecule has 1 aromatic heterocycles. The number of carbonyl (C=O) groups is 1. The number of hydrogen-bond acceptors (Lipinski definition) is 4. The minimum Gasteiger partial charge on any atom is -0.398 e. The molecule has 0 spiro atoms. The summed E-state index contributed by atoms with van der Waals surface area (Å²) in [4.78, 5) is 16.7. The van der Waals surface area contributed by atoms with Crippen molar-refractivity contribution in [3.8, 4) is 0 Å². The number of hydrogen-bond donors (Lipinski definition) is 2. The Morgan fingerprint density at radius 2 is 2.05 bits per heavy atom. The van der Waals surface area contributed by atoms with Gasteiger partial charge in [-0.2, -0.15) is 0 Å². The van der Waals surface area contributed by atoms with Gasteiger partial charge < -0.3 is 11.1 Å². The van der Waals surface area contributed by atoms with Crippen molar-refractivity contribution >= 4 is 22.9 Å². The highest BCUT2D eigenvalue weighted by molar-refractivity contribution is 7.09. The lowest BCUT2D eigenvalue weighted by atomic mass is 10.1. The molecule has 19 heavy (non-hydrogen) atoms. The number of amides is 1. The van der Waals surface area contributed by atoms with Gasteiger partial charge in [0.25, 0.3) is 5.91 Å². The van der Waals surface area contributed by atoms with E-state index in [1.807, 2.05) is 26.2 Å². The number of nitrogens with zero attached hydrogens (tertiary/aromatic N) is 1. The van der Waals surface area contributed by atoms with Crippen LogP contribution in [0.2, 0.25) is 0 Å². The van der Waals surface area contributed by atoms with Crippen molar-refractivity contribution in [1.82, 2.24) is 10.3 Å². The number of aromatic nitrogens is 1. The van der Waals surface area contributed by atoms with Crippen LogP contribution in [0.3, 0.4) is 0 Å². The Morgan fingerprint density at radius 1 is 1.37 bits per heavy atom. The van der Waals surface area contributed by atoms with Crippen LogP contribution in [0.15, 0.2) is 29.6 Å². The SMILES string of the molecule is Cc1csc(C(C)(C)NC(=O)c2ccccc2N)n1. The molecule has 0 saturated carbocycles. The number of rotatable bonds is 3. The minimum absolute atomic E-state index is 0.184. The van der Waals surface area contributed by atoms with Gasteiger partial charge in [-0.15, -0.1) is 11.3 Å². The first kappa shape index (κ1) is 13.5. The van der Waals surface area contributed by atoms with Crippen LogP contribution in [0.4, 0.5) is 5.69 Å². The Bertz CT molecular complexity index is 604. The first-order valence-corrected chi connectivity index (χ1v) is 6.88. The fourth-order valence-corrected chi connectivity index (χ4v) is 2.63. The lowest BCUT2D eigenvalue weighted by Gasteiger charge is -2.24. The summed E-state index contributed by atoms with van der Waals surface area (Å²) in [5, 5.41) is 5.83. The highest BCUT2D eigenvalue weighted by atomic mass is 32.1. The first-order valence-electron chi connectivity index (χ1n) is 6.00. The number of carbonyl (C=O) groups excluding carboxylic acids is 1. The van der Waals surface area contributed by atoms with E-state index in [4.69, 9.17) is 5.73 Å². The van der Waals surface area contributed by atoms with Crippen LogP contribution < -0.4 is 11.1 Å². The van der Waals surface area contributed by atoms with Gasteiger partial charge in [0, 0.05) is 16.8 Å². The topological polar surface area (TPSA) is 68.0 Å². The highest BCUT2D eigenvalue weighted by Crippen LogP contribution is 2.24. The predicted molar refractivity (Wildman–Crippen MR) is 78.2 cm³/mol. The van der Waals surface area contributed by atoms with Crippen LogP contribution >= 0.6 is 11.3 Å². The fourth-order valence-electron chi connectivity index (χ4n) is 1.75. The van der Waals surface area contributed by atoms with Crippen LogP contribution in [-0.2, 0) is 5.54 Å². The summed E-state index contributed by atoms with van der Waals surface area (Å²) < 4.78 is 0. The molecule has 4 nitrogen and oxygen atoms in total. The van der Waals surface area contributed by atoms with E-state index in [1.54, 1.807) is 35.6 Å². The minimum atomic E-state index is -0.516. The zero-order valence-corrected chi connectivity index (χ0v) is 12.0. The van der Waals surface area contributed by atoms with Crippen LogP contribution in [0.25, 0.3) is 0 Å². The molecule has 0 aliphatic rings. The monoisotopic (exact) mass is 275 g/mol. The zero-order valence-electron chi connectivity index (χ0n) is 11.2. The van der Waals surface area contributed by atoms with E-state index in [1.165, 1.54) is 0 Å². The van der Waals surface area contributed by atoms with Gasteiger partial charge in [-0.05, 0) is 32.9 Å². The molecule has 0 fully saturated rings. The van der Waals surface area contributed by atoms with Crippen LogP contribution in [0.1, 0.15) is 34.9 Å². The average Bonchev–Trinajstić information content (AvgIpc) is 2.76. The maximum absolute atomic E-state index is 12.2. The lowest BCUT2D eigenvalue weighted by Crippen LogP contribution is -2.41. The predicted octanol–water partition coefficient (Wildman–Crippen LogP) is 2.70. The van der Waals surface area contributed by atoms with E-state index in [-0.39, 0.29) is 5.91 Å². The van der Waals surface area contributed by atoms with Gasteiger partial charge in [0.05, 0.1) is 11.1 Å². The Labute approximate surface area is 116 Å². The molecule has 0 bridgehead atoms. The second kappa shape index (κ2) is 5.01. The first-order chi connectivity index (χ1) is 8.90. The Morgan fingerprint density at radius 3 is 2.63 bits per heavy atom. The van der Waals surface area contributed by atoms with Crippen molar-refractivity contribution < 1.29 is 4.79 Å². The van der Waals surface area contributed by atoms with Gasteiger partial charge in [0.15, 0.2) is 0 Å². The van der Waals surface area contributed by atoms with E-state index in [0.717, 1.165) is 10.7 Å². The standard InChI is InChI=1S/C14H17N3OS/c1-9-8-19-13(16-9)14(2,3)17-12(18)10-6-4-5-7-11(10)15/h4-8H,15H2,1-3H3,(H,17,18). The molecule has 0 radical (unpaired) electrons. The molecule has 0 aliphatic carbocycles. The van der Waals surface area contributed by atoms with E-state index < -0.39 is 5.54 Å². The van der Waals surface area contributed by atoms with Crippen molar-refractivity contribution in [1.29, 1.82) is 0 Å². The van der Waals surface area contributed by atoms with Crippen molar-refractivity contribution in [3.05, 3.63) is 45.9 Å². The molecule has 0 saturated heterocycles. The summed E-state index contributed by atoms with van der Waals surface area (Å²) in [6.07, 6.45) is 0. The van der Waals surface area contributed by atoms with E-state index in [9.17, 15) is 4.79 Å². The highest BCUT2D eigenvalue weighted by Gasteiger charge is 2.27. The summed E-state index contributed by atoms with van der Waals surface area (Å²) >= 11 is 1.54. The molecule has 1 aromatic carbocycles. The third kappa shape index (κ3) is 2.93. The number of para-hydroxylation sites is 1. The van der Waals surface area contributed by atoms with E-state index >= 15 is 0 Å². The summed E-state index contributed by atoms with van der Waals surface area (Å²) in [5.74, 6) is -0.184. The normalized spacial score (nSPS) is 11.3. The Kier molecular flexibility index (Phi) is 3.57. The number of thiazole rings is 1. The molecule has 2 rings (SSSR count). The zero-order chi connectivity index (χ0) is 14.0.